The van der Waals surface area contributed by atoms with Crippen molar-refractivity contribution in [3.8, 4) is 5.75 Å². The number of allylic oxidation sites excluding steroid dienone is 1. The molecule has 1 unspecified atom stereocenters. The van der Waals surface area contributed by atoms with E-state index in [4.69, 9.17) is 4.74 Å². The summed E-state index contributed by atoms with van der Waals surface area (Å²) in [6.07, 6.45) is 9.86. The van der Waals surface area contributed by atoms with Crippen LogP contribution in [0.2, 0.25) is 0 Å². The van der Waals surface area contributed by atoms with Crippen molar-refractivity contribution >= 4 is 0 Å². The molecule has 0 N–H and O–H groups in total. The van der Waals surface area contributed by atoms with Crippen molar-refractivity contribution in [3.05, 3.63) is 42.0 Å². The molecule has 1 atom stereocenters. The van der Waals surface area contributed by atoms with E-state index in [0.29, 0.717) is 0 Å². The lowest BCUT2D eigenvalue weighted by molar-refractivity contribution is 0.304. The molecule has 0 aliphatic carbocycles. The van der Waals surface area contributed by atoms with Crippen LogP contribution in [0.3, 0.4) is 0 Å². The highest BCUT2D eigenvalue weighted by Crippen LogP contribution is 2.18. The first kappa shape index (κ1) is 18.8. The number of benzene rings is 1. The minimum absolute atomic E-state index is 0.774. The smallest absolute Gasteiger partial charge is 0.119 e. The van der Waals surface area contributed by atoms with Gasteiger partial charge in [0.25, 0.3) is 0 Å². The number of unbranched alkanes of at least 4 members (excludes halogenated alkanes) is 3. The van der Waals surface area contributed by atoms with E-state index in [2.05, 4.69) is 51.6 Å². The summed E-state index contributed by atoms with van der Waals surface area (Å²) in [5.41, 5.74) is 2.72. The predicted molar refractivity (Wildman–Crippen MR) is 97.6 cm³/mol. The molecule has 0 aliphatic rings. The maximum atomic E-state index is 5.82. The Bertz CT molecular complexity index is 404. The molecule has 0 spiro atoms. The molecule has 0 radical (unpaired) electrons. The third-order valence-corrected chi connectivity index (χ3v) is 4.06. The maximum Gasteiger partial charge on any atom is 0.119 e. The Morgan fingerprint density at radius 1 is 1.09 bits per heavy atom. The molecule has 0 aliphatic heterocycles. The van der Waals surface area contributed by atoms with Crippen LogP contribution in [-0.2, 0) is 6.42 Å². The average molecular weight is 303 g/mol. The van der Waals surface area contributed by atoms with E-state index in [-0.39, 0.29) is 0 Å². The molecule has 1 aromatic rings. The van der Waals surface area contributed by atoms with Crippen LogP contribution in [0.15, 0.2) is 36.4 Å². The van der Waals surface area contributed by atoms with Gasteiger partial charge < -0.3 is 4.74 Å². The molecule has 1 aromatic carbocycles. The molecule has 0 amide bonds. The van der Waals surface area contributed by atoms with Crippen LogP contribution in [-0.4, -0.2) is 6.61 Å². The fourth-order valence-electron chi connectivity index (χ4n) is 2.79. The summed E-state index contributed by atoms with van der Waals surface area (Å²) in [6, 6.07) is 8.67. The Morgan fingerprint density at radius 3 is 2.41 bits per heavy atom. The Labute approximate surface area is 137 Å². The average Bonchev–Trinajstić information content (AvgIpc) is 2.48. The van der Waals surface area contributed by atoms with Gasteiger partial charge in [-0.2, -0.15) is 0 Å². The fraction of sp³-hybridized carbons (Fsp3) is 0.619. The third-order valence-electron chi connectivity index (χ3n) is 4.06. The van der Waals surface area contributed by atoms with Gasteiger partial charge in [-0.1, -0.05) is 57.2 Å². The van der Waals surface area contributed by atoms with E-state index in [0.717, 1.165) is 24.7 Å². The second-order valence-corrected chi connectivity index (χ2v) is 6.71. The van der Waals surface area contributed by atoms with Crippen LogP contribution >= 0.6 is 0 Å². The van der Waals surface area contributed by atoms with Crippen molar-refractivity contribution in [1.82, 2.24) is 0 Å². The van der Waals surface area contributed by atoms with Crippen molar-refractivity contribution in [1.29, 1.82) is 0 Å². The van der Waals surface area contributed by atoms with Gasteiger partial charge in [0.1, 0.15) is 5.75 Å². The molecule has 0 heterocycles. The zero-order valence-corrected chi connectivity index (χ0v) is 14.9. The van der Waals surface area contributed by atoms with E-state index >= 15 is 0 Å². The second kappa shape index (κ2) is 11.3. The lowest BCUT2D eigenvalue weighted by Gasteiger charge is -2.11. The summed E-state index contributed by atoms with van der Waals surface area (Å²) in [5.74, 6) is 1.78. The van der Waals surface area contributed by atoms with Crippen LogP contribution in [0, 0.1) is 5.92 Å². The zero-order valence-electron chi connectivity index (χ0n) is 14.9. The first-order valence-corrected chi connectivity index (χ1v) is 8.98. The lowest BCUT2D eigenvalue weighted by Crippen LogP contribution is -2.00. The Balaban J connectivity index is 2.15. The minimum atomic E-state index is 0.774. The molecule has 1 rings (SSSR count). The van der Waals surface area contributed by atoms with E-state index in [1.54, 1.807) is 0 Å². The van der Waals surface area contributed by atoms with Crippen molar-refractivity contribution < 1.29 is 4.74 Å². The summed E-state index contributed by atoms with van der Waals surface area (Å²) in [4.78, 5) is 0. The zero-order chi connectivity index (χ0) is 16.2. The first-order valence-electron chi connectivity index (χ1n) is 8.98. The molecular weight excluding hydrogens is 268 g/mol. The van der Waals surface area contributed by atoms with Gasteiger partial charge >= 0.3 is 0 Å². The standard InChI is InChI=1S/C21H34O/c1-5-10-19(4)17-20-12-14-21(15-13-20)22-16-9-7-6-8-11-18(2)3/h12-15,19H,2,5-11,16-17H2,1,3-4H3. The highest BCUT2D eigenvalue weighted by atomic mass is 16.5. The quantitative estimate of drug-likeness (QED) is 0.313. The predicted octanol–water partition coefficient (Wildman–Crippen LogP) is 6.57. The molecule has 22 heavy (non-hydrogen) atoms. The summed E-state index contributed by atoms with van der Waals surface area (Å²) in [5, 5.41) is 0. The molecular formula is C21H34O. The van der Waals surface area contributed by atoms with Gasteiger partial charge in [-0.15, -0.1) is 6.58 Å². The normalized spacial score (nSPS) is 12.1. The van der Waals surface area contributed by atoms with Crippen LogP contribution in [0.4, 0.5) is 0 Å². The molecule has 0 saturated heterocycles. The number of rotatable bonds is 12. The van der Waals surface area contributed by atoms with Gasteiger partial charge in [-0.25, -0.2) is 0 Å². The van der Waals surface area contributed by atoms with E-state index in [1.807, 2.05) is 0 Å². The van der Waals surface area contributed by atoms with Crippen molar-refractivity contribution in [2.24, 2.45) is 5.92 Å². The minimum Gasteiger partial charge on any atom is -0.494 e. The first-order chi connectivity index (χ1) is 10.6. The summed E-state index contributed by atoms with van der Waals surface area (Å²) < 4.78 is 5.82. The molecule has 0 aromatic heterocycles. The van der Waals surface area contributed by atoms with Crippen LogP contribution < -0.4 is 4.74 Å². The maximum absolute atomic E-state index is 5.82. The lowest BCUT2D eigenvalue weighted by atomic mass is 9.97. The van der Waals surface area contributed by atoms with Crippen LogP contribution in [0.5, 0.6) is 5.75 Å². The van der Waals surface area contributed by atoms with Crippen molar-refractivity contribution in [2.75, 3.05) is 6.61 Å². The summed E-state index contributed by atoms with van der Waals surface area (Å²) in [6.45, 7) is 11.5. The summed E-state index contributed by atoms with van der Waals surface area (Å²) >= 11 is 0. The molecule has 0 saturated carbocycles. The van der Waals surface area contributed by atoms with Gasteiger partial charge in [0.2, 0.25) is 0 Å². The van der Waals surface area contributed by atoms with Crippen LogP contribution in [0.1, 0.15) is 71.3 Å². The van der Waals surface area contributed by atoms with Crippen molar-refractivity contribution in [3.63, 3.8) is 0 Å². The molecule has 0 bridgehead atoms. The molecule has 0 fully saturated rings. The number of hydrogen-bond donors (Lipinski definition) is 0. The highest BCUT2D eigenvalue weighted by molar-refractivity contribution is 5.27. The van der Waals surface area contributed by atoms with E-state index < -0.39 is 0 Å². The molecule has 1 nitrogen and oxygen atoms in total. The Kier molecular flexibility index (Phi) is 9.70. The van der Waals surface area contributed by atoms with E-state index in [9.17, 15) is 0 Å². The van der Waals surface area contributed by atoms with Gasteiger partial charge in [0, 0.05) is 0 Å². The molecule has 124 valence electrons. The second-order valence-electron chi connectivity index (χ2n) is 6.71. The Hall–Kier alpha value is -1.24. The third kappa shape index (κ3) is 8.92. The number of ether oxygens (including phenoxy) is 1. The summed E-state index contributed by atoms with van der Waals surface area (Å²) in [7, 11) is 0. The van der Waals surface area contributed by atoms with Gasteiger partial charge in [0.05, 0.1) is 6.61 Å². The highest BCUT2D eigenvalue weighted by Gasteiger charge is 2.03. The van der Waals surface area contributed by atoms with Gasteiger partial charge in [0.15, 0.2) is 0 Å². The van der Waals surface area contributed by atoms with Gasteiger partial charge in [-0.05, 0) is 56.2 Å². The van der Waals surface area contributed by atoms with Crippen LogP contribution in [0.25, 0.3) is 0 Å². The topological polar surface area (TPSA) is 9.23 Å². The van der Waals surface area contributed by atoms with Gasteiger partial charge in [-0.3, -0.25) is 0 Å². The fourth-order valence-corrected chi connectivity index (χ4v) is 2.79. The molecule has 1 heteroatoms. The number of hydrogen-bond acceptors (Lipinski definition) is 1. The monoisotopic (exact) mass is 302 g/mol. The van der Waals surface area contributed by atoms with Crippen molar-refractivity contribution in [2.45, 2.75) is 72.1 Å². The SMILES string of the molecule is C=C(C)CCCCCCOc1ccc(CC(C)CCC)cc1. The Morgan fingerprint density at radius 2 is 1.77 bits per heavy atom. The largest absolute Gasteiger partial charge is 0.494 e. The van der Waals surface area contributed by atoms with E-state index in [1.165, 1.54) is 56.1 Å².